The van der Waals surface area contributed by atoms with E-state index in [1.807, 2.05) is 13.8 Å². The van der Waals surface area contributed by atoms with Gasteiger partial charge in [-0.3, -0.25) is 0 Å². The van der Waals surface area contributed by atoms with E-state index in [0.717, 1.165) is 12.1 Å². The van der Waals surface area contributed by atoms with Gasteiger partial charge in [-0.1, -0.05) is 65.2 Å². The summed E-state index contributed by atoms with van der Waals surface area (Å²) in [5.74, 6) is 0.547. The highest BCUT2D eigenvalue weighted by Crippen LogP contribution is 2.11. The van der Waals surface area contributed by atoms with Crippen LogP contribution in [0.25, 0.3) is 0 Å². The van der Waals surface area contributed by atoms with Crippen molar-refractivity contribution in [2.75, 3.05) is 13.1 Å². The van der Waals surface area contributed by atoms with Crippen molar-refractivity contribution in [3.63, 3.8) is 0 Å². The highest BCUT2D eigenvalue weighted by Gasteiger charge is 2.17. The van der Waals surface area contributed by atoms with E-state index in [2.05, 4.69) is 32.3 Å². The minimum atomic E-state index is -1.50. The third-order valence-electron chi connectivity index (χ3n) is 2.13. The van der Waals surface area contributed by atoms with Gasteiger partial charge in [-0.25, -0.2) is 0 Å². The quantitative estimate of drug-likeness (QED) is 0.467. The Morgan fingerprint density at radius 3 is 2.05 bits per heavy atom. The van der Waals surface area contributed by atoms with Crippen LogP contribution in [0.4, 0.5) is 0 Å². The Kier molecular flexibility index (Phi) is 14.2. The number of rotatable bonds is 8. The van der Waals surface area contributed by atoms with Gasteiger partial charge in [0.1, 0.15) is 0 Å². The first kappa shape index (κ1) is 20.2. The summed E-state index contributed by atoms with van der Waals surface area (Å²) < 4.78 is 0. The Morgan fingerprint density at radius 1 is 1.16 bits per heavy atom. The lowest BCUT2D eigenvalue weighted by atomic mass is 9.74. The van der Waals surface area contributed by atoms with Crippen LogP contribution in [0.5, 0.6) is 0 Å². The van der Waals surface area contributed by atoms with Gasteiger partial charge in [0.2, 0.25) is 0 Å². The van der Waals surface area contributed by atoms with Crippen molar-refractivity contribution in [2.24, 2.45) is 5.92 Å². The molecule has 0 aliphatic rings. The molecule has 0 aromatic heterocycles. The minimum absolute atomic E-state index is 0.441. The summed E-state index contributed by atoms with van der Waals surface area (Å²) in [6, 6.07) is 0. The van der Waals surface area contributed by atoms with Crippen LogP contribution in [0.2, 0.25) is 0 Å². The van der Waals surface area contributed by atoms with Crippen LogP contribution < -0.4 is 5.32 Å². The molecule has 0 aromatic rings. The molecule has 0 aliphatic heterocycles. The maximum absolute atomic E-state index is 9.29. The smallest absolute Gasteiger partial charge is 0.423 e. The Hall–Kier alpha value is -1.10. The maximum Gasteiger partial charge on any atom is 0.488 e. The fourth-order valence-corrected chi connectivity index (χ4v) is 1.38. The molecule has 0 bridgehead atoms. The summed E-state index contributed by atoms with van der Waals surface area (Å²) >= 11 is 0. The molecule has 0 heterocycles. The van der Waals surface area contributed by atoms with Crippen molar-refractivity contribution in [2.45, 2.75) is 27.7 Å². The zero-order valence-electron chi connectivity index (χ0n) is 12.7. The second kappa shape index (κ2) is 13.3. The summed E-state index contributed by atoms with van der Waals surface area (Å²) in [5, 5.41) is 21.8. The van der Waals surface area contributed by atoms with Crippen LogP contribution >= 0.6 is 0 Å². The highest BCUT2D eigenvalue weighted by molar-refractivity contribution is 6.52. The summed E-state index contributed by atoms with van der Waals surface area (Å²) in [7, 11) is -1.50. The lowest BCUT2D eigenvalue weighted by molar-refractivity contribution is 0.419. The standard InChI is InChI=1S/C13H22BNO2.C2H6/c1-5-7-12(10-15-9-11(3)4)13(8-6-2)14(16)17;1-2/h5-8,11,15-17H,1-2,9-10H2,3-4H3;1-2H3/b12-7-,13-8+;. The molecule has 0 radical (unpaired) electrons. The summed E-state index contributed by atoms with van der Waals surface area (Å²) in [6.07, 6.45) is 6.53. The summed E-state index contributed by atoms with van der Waals surface area (Å²) in [6.45, 7) is 16.9. The van der Waals surface area contributed by atoms with Crippen LogP contribution in [-0.4, -0.2) is 30.3 Å². The average Bonchev–Trinajstić information content (AvgIpc) is 2.37. The van der Waals surface area contributed by atoms with Gasteiger partial charge in [-0.05, 0) is 23.5 Å². The van der Waals surface area contributed by atoms with Gasteiger partial charge in [-0.15, -0.1) is 0 Å². The van der Waals surface area contributed by atoms with Crippen molar-refractivity contribution in [1.82, 2.24) is 5.32 Å². The molecule has 0 fully saturated rings. The third-order valence-corrected chi connectivity index (χ3v) is 2.13. The monoisotopic (exact) mass is 265 g/mol. The van der Waals surface area contributed by atoms with Gasteiger partial charge >= 0.3 is 7.12 Å². The molecule has 0 rings (SSSR count). The van der Waals surface area contributed by atoms with Crippen LogP contribution in [0, 0.1) is 5.92 Å². The SMILES string of the molecule is C=C/C=C(B(O)O)\C(=C/C=C)CNCC(C)C.CC. The molecule has 0 aromatic carbocycles. The van der Waals surface area contributed by atoms with Gasteiger partial charge in [0.05, 0.1) is 0 Å². The molecule has 19 heavy (non-hydrogen) atoms. The van der Waals surface area contributed by atoms with E-state index >= 15 is 0 Å². The van der Waals surface area contributed by atoms with E-state index in [-0.39, 0.29) is 0 Å². The second-order valence-corrected chi connectivity index (χ2v) is 4.18. The first-order chi connectivity index (χ1) is 9.02. The van der Waals surface area contributed by atoms with E-state index in [9.17, 15) is 10.0 Å². The molecule has 3 N–H and O–H groups in total. The number of nitrogens with one attached hydrogen (secondary N) is 1. The predicted octanol–water partition coefficient (Wildman–Crippen LogP) is 2.50. The second-order valence-electron chi connectivity index (χ2n) is 4.18. The van der Waals surface area contributed by atoms with Crippen molar-refractivity contribution in [3.05, 3.63) is 48.5 Å². The van der Waals surface area contributed by atoms with E-state index in [0.29, 0.717) is 17.9 Å². The molecule has 0 saturated heterocycles. The number of hydrogen-bond acceptors (Lipinski definition) is 3. The Bertz CT molecular complexity index is 307. The fraction of sp³-hybridized carbons (Fsp3) is 0.467. The zero-order valence-corrected chi connectivity index (χ0v) is 12.7. The number of hydrogen-bond donors (Lipinski definition) is 3. The third kappa shape index (κ3) is 10.5. The van der Waals surface area contributed by atoms with E-state index in [1.54, 1.807) is 18.2 Å². The van der Waals surface area contributed by atoms with Gasteiger partial charge in [0, 0.05) is 6.54 Å². The highest BCUT2D eigenvalue weighted by atomic mass is 16.4. The normalized spacial score (nSPS) is 11.7. The van der Waals surface area contributed by atoms with Crippen LogP contribution in [0.15, 0.2) is 48.5 Å². The molecule has 108 valence electrons. The van der Waals surface area contributed by atoms with Gasteiger partial charge in [0.25, 0.3) is 0 Å². The van der Waals surface area contributed by atoms with Crippen LogP contribution in [0.1, 0.15) is 27.7 Å². The summed E-state index contributed by atoms with van der Waals surface area (Å²) in [5.41, 5.74) is 1.24. The molecule has 0 unspecified atom stereocenters. The average molecular weight is 265 g/mol. The number of allylic oxidation sites excluding steroid dienone is 4. The molecule has 0 saturated carbocycles. The topological polar surface area (TPSA) is 52.5 Å². The Morgan fingerprint density at radius 2 is 1.68 bits per heavy atom. The van der Waals surface area contributed by atoms with Crippen molar-refractivity contribution in [3.8, 4) is 0 Å². The zero-order chi connectivity index (χ0) is 15.3. The summed E-state index contributed by atoms with van der Waals surface area (Å²) in [4.78, 5) is 0. The predicted molar refractivity (Wildman–Crippen MR) is 85.8 cm³/mol. The molecule has 0 spiro atoms. The van der Waals surface area contributed by atoms with Crippen molar-refractivity contribution in [1.29, 1.82) is 0 Å². The fourth-order valence-electron chi connectivity index (χ4n) is 1.38. The van der Waals surface area contributed by atoms with Crippen LogP contribution in [-0.2, 0) is 0 Å². The first-order valence-electron chi connectivity index (χ1n) is 6.74. The molecule has 3 nitrogen and oxygen atoms in total. The largest absolute Gasteiger partial charge is 0.488 e. The Labute approximate surface area is 118 Å². The minimum Gasteiger partial charge on any atom is -0.423 e. The lowest BCUT2D eigenvalue weighted by Gasteiger charge is -2.13. The molecule has 4 heteroatoms. The molecular weight excluding hydrogens is 237 g/mol. The van der Waals surface area contributed by atoms with Crippen molar-refractivity contribution >= 4 is 7.12 Å². The van der Waals surface area contributed by atoms with E-state index in [4.69, 9.17) is 0 Å². The molecule has 0 atom stereocenters. The maximum atomic E-state index is 9.29. The molecular formula is C15H28BNO2. The van der Waals surface area contributed by atoms with E-state index in [1.165, 1.54) is 6.08 Å². The molecule has 0 amide bonds. The first-order valence-corrected chi connectivity index (χ1v) is 6.74. The van der Waals surface area contributed by atoms with Crippen molar-refractivity contribution < 1.29 is 10.0 Å². The lowest BCUT2D eigenvalue weighted by Crippen LogP contribution is -2.26. The van der Waals surface area contributed by atoms with Gasteiger partial charge in [-0.2, -0.15) is 0 Å². The van der Waals surface area contributed by atoms with Gasteiger partial charge in [0.15, 0.2) is 0 Å². The van der Waals surface area contributed by atoms with Crippen LogP contribution in [0.3, 0.4) is 0 Å². The van der Waals surface area contributed by atoms with E-state index < -0.39 is 7.12 Å². The Balaban J connectivity index is 0. The molecule has 0 aliphatic carbocycles. The van der Waals surface area contributed by atoms with Gasteiger partial charge < -0.3 is 15.4 Å².